The van der Waals surface area contributed by atoms with Gasteiger partial charge in [0.15, 0.2) is 6.10 Å². The third-order valence-corrected chi connectivity index (χ3v) is 5.88. The zero-order valence-corrected chi connectivity index (χ0v) is 19.0. The van der Waals surface area contributed by atoms with Crippen LogP contribution in [0.5, 0.6) is 5.75 Å². The van der Waals surface area contributed by atoms with Gasteiger partial charge in [0.05, 0.1) is 0 Å². The topological polar surface area (TPSA) is 91.0 Å². The molecular weight excluding hydrogens is 408 g/mol. The van der Waals surface area contributed by atoms with Crippen LogP contribution in [0.1, 0.15) is 33.6 Å². The van der Waals surface area contributed by atoms with Crippen LogP contribution in [0, 0.1) is 5.92 Å². The zero-order valence-electron chi connectivity index (χ0n) is 19.0. The zero-order chi connectivity index (χ0) is 23.1. The number of carbonyl (C=O) groups is 3. The van der Waals surface area contributed by atoms with Crippen LogP contribution >= 0.6 is 0 Å². The summed E-state index contributed by atoms with van der Waals surface area (Å²) in [6.45, 7) is 7.94. The second kappa shape index (κ2) is 10.8. The molecule has 1 saturated heterocycles. The summed E-state index contributed by atoms with van der Waals surface area (Å²) in [5, 5.41) is 2.12. The summed E-state index contributed by atoms with van der Waals surface area (Å²) in [7, 11) is 0. The number of ether oxygens (including phenoxy) is 1. The number of fused-ring (bicyclic) bond motifs is 1. The van der Waals surface area contributed by atoms with E-state index in [0.717, 1.165) is 10.8 Å². The molecule has 2 aromatic rings. The van der Waals surface area contributed by atoms with Crippen molar-refractivity contribution >= 4 is 28.6 Å². The Labute approximate surface area is 188 Å². The molecule has 1 atom stereocenters. The van der Waals surface area contributed by atoms with Gasteiger partial charge >= 0.3 is 6.03 Å². The van der Waals surface area contributed by atoms with Crippen LogP contribution in [0.25, 0.3) is 10.8 Å². The van der Waals surface area contributed by atoms with E-state index >= 15 is 0 Å². The van der Waals surface area contributed by atoms with Crippen molar-refractivity contribution in [2.75, 3.05) is 26.2 Å². The van der Waals surface area contributed by atoms with Crippen molar-refractivity contribution in [1.29, 1.82) is 0 Å². The van der Waals surface area contributed by atoms with E-state index in [0.29, 0.717) is 44.8 Å². The molecule has 32 heavy (non-hydrogen) atoms. The van der Waals surface area contributed by atoms with Crippen LogP contribution in [0.15, 0.2) is 42.5 Å². The molecule has 0 spiro atoms. The lowest BCUT2D eigenvalue weighted by Crippen LogP contribution is -2.52. The number of nitrogens with one attached hydrogen (secondary N) is 2. The Morgan fingerprint density at radius 1 is 1.03 bits per heavy atom. The third-order valence-electron chi connectivity index (χ3n) is 5.88. The molecule has 8 heteroatoms. The SMILES string of the molecule is CCN(CC)C(=O)N1CCC(C(=O)NNC(=O)C(C)Oc2ccc3ccccc3c2)CC1. The van der Waals surface area contributed by atoms with Crippen molar-refractivity contribution in [3.05, 3.63) is 42.5 Å². The second-order valence-electron chi connectivity index (χ2n) is 7.96. The van der Waals surface area contributed by atoms with E-state index in [1.165, 1.54) is 0 Å². The van der Waals surface area contributed by atoms with Crippen LogP contribution in [-0.4, -0.2) is 59.9 Å². The molecule has 8 nitrogen and oxygen atoms in total. The number of hydrogen-bond donors (Lipinski definition) is 2. The van der Waals surface area contributed by atoms with Crippen molar-refractivity contribution in [3.63, 3.8) is 0 Å². The molecule has 172 valence electrons. The summed E-state index contributed by atoms with van der Waals surface area (Å²) in [5.41, 5.74) is 4.96. The van der Waals surface area contributed by atoms with Gasteiger partial charge in [0.1, 0.15) is 5.75 Å². The molecule has 0 aromatic heterocycles. The van der Waals surface area contributed by atoms with Gasteiger partial charge in [-0.05, 0) is 56.5 Å². The average molecular weight is 441 g/mol. The number of urea groups is 1. The molecule has 0 radical (unpaired) electrons. The first-order valence-corrected chi connectivity index (χ1v) is 11.2. The molecule has 0 aliphatic carbocycles. The molecule has 1 aliphatic heterocycles. The second-order valence-corrected chi connectivity index (χ2v) is 7.96. The number of hydrazine groups is 1. The van der Waals surface area contributed by atoms with E-state index < -0.39 is 12.0 Å². The van der Waals surface area contributed by atoms with E-state index in [1.807, 2.05) is 56.3 Å². The van der Waals surface area contributed by atoms with Crippen molar-refractivity contribution < 1.29 is 19.1 Å². The molecule has 2 aromatic carbocycles. The van der Waals surface area contributed by atoms with Crippen LogP contribution in [-0.2, 0) is 9.59 Å². The summed E-state index contributed by atoms with van der Waals surface area (Å²) >= 11 is 0. The van der Waals surface area contributed by atoms with Gasteiger partial charge in [-0.2, -0.15) is 0 Å². The van der Waals surface area contributed by atoms with Gasteiger partial charge in [0, 0.05) is 32.1 Å². The quantitative estimate of drug-likeness (QED) is 0.676. The Hall–Kier alpha value is -3.29. The molecule has 0 saturated carbocycles. The van der Waals surface area contributed by atoms with E-state index in [4.69, 9.17) is 4.74 Å². The lowest BCUT2D eigenvalue weighted by Gasteiger charge is -2.34. The van der Waals surface area contributed by atoms with Crippen molar-refractivity contribution in [2.45, 2.75) is 39.7 Å². The normalized spacial score (nSPS) is 15.2. The van der Waals surface area contributed by atoms with Gasteiger partial charge in [-0.25, -0.2) is 4.79 Å². The largest absolute Gasteiger partial charge is 0.481 e. The minimum atomic E-state index is -0.773. The molecule has 1 unspecified atom stereocenters. The first-order valence-electron chi connectivity index (χ1n) is 11.2. The van der Waals surface area contributed by atoms with E-state index in [9.17, 15) is 14.4 Å². The number of piperidine rings is 1. The van der Waals surface area contributed by atoms with Gasteiger partial charge in [0.25, 0.3) is 5.91 Å². The molecule has 1 aliphatic rings. The van der Waals surface area contributed by atoms with Gasteiger partial charge in [-0.15, -0.1) is 0 Å². The highest BCUT2D eigenvalue weighted by atomic mass is 16.5. The molecule has 3 rings (SSSR count). The van der Waals surface area contributed by atoms with Gasteiger partial charge in [-0.1, -0.05) is 30.3 Å². The molecule has 1 heterocycles. The minimum absolute atomic E-state index is 0.0156. The number of hydrogen-bond acceptors (Lipinski definition) is 4. The smallest absolute Gasteiger partial charge is 0.319 e. The molecule has 1 fully saturated rings. The number of rotatable bonds is 6. The summed E-state index contributed by atoms with van der Waals surface area (Å²) in [6, 6.07) is 13.6. The molecular formula is C24H32N4O4. The Morgan fingerprint density at radius 3 is 2.34 bits per heavy atom. The van der Waals surface area contributed by atoms with Gasteiger partial charge in [-0.3, -0.25) is 20.4 Å². The first-order chi connectivity index (χ1) is 15.4. The summed E-state index contributed by atoms with van der Waals surface area (Å²) < 4.78 is 5.73. The Balaban J connectivity index is 1.44. The highest BCUT2D eigenvalue weighted by Gasteiger charge is 2.29. The van der Waals surface area contributed by atoms with Gasteiger partial charge < -0.3 is 14.5 Å². The summed E-state index contributed by atoms with van der Waals surface area (Å²) in [4.78, 5) is 40.8. The van der Waals surface area contributed by atoms with E-state index in [2.05, 4.69) is 10.9 Å². The first kappa shape index (κ1) is 23.4. The molecule has 2 N–H and O–H groups in total. The fraction of sp³-hybridized carbons (Fsp3) is 0.458. The standard InChI is InChI=1S/C24H32N4O4/c1-4-27(5-2)24(31)28-14-12-19(13-15-28)23(30)26-25-22(29)17(3)32-21-11-10-18-8-6-7-9-20(18)16-21/h6-11,16-17,19H,4-5,12-15H2,1-3H3,(H,25,29)(H,26,30). The fourth-order valence-electron chi connectivity index (χ4n) is 3.85. The number of carbonyl (C=O) groups excluding carboxylic acids is 3. The van der Waals surface area contributed by atoms with Crippen LogP contribution in [0.3, 0.4) is 0 Å². The van der Waals surface area contributed by atoms with Crippen LogP contribution < -0.4 is 15.6 Å². The predicted molar refractivity (Wildman–Crippen MR) is 123 cm³/mol. The maximum atomic E-state index is 12.5. The lowest BCUT2D eigenvalue weighted by atomic mass is 9.96. The van der Waals surface area contributed by atoms with Gasteiger partial charge in [0.2, 0.25) is 5.91 Å². The van der Waals surface area contributed by atoms with Crippen LogP contribution in [0.4, 0.5) is 4.79 Å². The van der Waals surface area contributed by atoms with E-state index in [1.54, 1.807) is 16.7 Å². The summed E-state index contributed by atoms with van der Waals surface area (Å²) in [5.74, 6) is -0.331. The Morgan fingerprint density at radius 2 is 1.69 bits per heavy atom. The van der Waals surface area contributed by atoms with Crippen molar-refractivity contribution in [3.8, 4) is 5.75 Å². The monoisotopic (exact) mass is 440 g/mol. The average Bonchev–Trinajstić information content (AvgIpc) is 2.83. The summed E-state index contributed by atoms with van der Waals surface area (Å²) in [6.07, 6.45) is 0.361. The van der Waals surface area contributed by atoms with Crippen molar-refractivity contribution in [1.82, 2.24) is 20.7 Å². The number of benzene rings is 2. The molecule has 0 bridgehead atoms. The Kier molecular flexibility index (Phi) is 7.92. The number of amides is 4. The Bertz CT molecular complexity index is 952. The van der Waals surface area contributed by atoms with E-state index in [-0.39, 0.29) is 17.9 Å². The third kappa shape index (κ3) is 5.69. The predicted octanol–water partition coefficient (Wildman–Crippen LogP) is 2.93. The maximum absolute atomic E-state index is 12.5. The van der Waals surface area contributed by atoms with Crippen LogP contribution in [0.2, 0.25) is 0 Å². The fourth-order valence-corrected chi connectivity index (χ4v) is 3.85. The number of nitrogens with zero attached hydrogens (tertiary/aromatic N) is 2. The highest BCUT2D eigenvalue weighted by molar-refractivity contribution is 5.86. The van der Waals surface area contributed by atoms with Crippen molar-refractivity contribution in [2.24, 2.45) is 5.92 Å². The maximum Gasteiger partial charge on any atom is 0.319 e. The minimum Gasteiger partial charge on any atom is -0.481 e. The highest BCUT2D eigenvalue weighted by Crippen LogP contribution is 2.21. The lowest BCUT2D eigenvalue weighted by molar-refractivity contribution is -0.134. The molecule has 4 amide bonds. The number of likely N-dealkylation sites (tertiary alicyclic amines) is 1.